The number of hydrogen-bond acceptors (Lipinski definition) is 4. The second-order valence-corrected chi connectivity index (χ2v) is 6.67. The predicted molar refractivity (Wildman–Crippen MR) is 96.8 cm³/mol. The lowest BCUT2D eigenvalue weighted by molar-refractivity contribution is 0.478. The number of nitrogens with two attached hydrogens (primary N) is 1. The summed E-state index contributed by atoms with van der Waals surface area (Å²) in [5.41, 5.74) is 9.69. The number of rotatable bonds is 2. The van der Waals surface area contributed by atoms with Crippen molar-refractivity contribution >= 4 is 32.3 Å². The van der Waals surface area contributed by atoms with E-state index in [1.165, 1.54) is 0 Å². The van der Waals surface area contributed by atoms with E-state index in [2.05, 4.69) is 16.4 Å². The van der Waals surface area contributed by atoms with Crippen molar-refractivity contribution in [3.8, 4) is 16.9 Å². The van der Waals surface area contributed by atoms with Crippen molar-refractivity contribution in [2.24, 2.45) is 5.73 Å². The molecule has 0 amide bonds. The Kier molecular flexibility index (Phi) is 3.29. The van der Waals surface area contributed by atoms with Gasteiger partial charge in [0.05, 0.1) is 10.2 Å². The summed E-state index contributed by atoms with van der Waals surface area (Å²) >= 11 is 1.66. The summed E-state index contributed by atoms with van der Waals surface area (Å²) in [5.74, 6) is 0.270. The largest absolute Gasteiger partial charge is 0.507 e. The fraction of sp³-hybridized carbons (Fsp3) is 0.105. The highest BCUT2D eigenvalue weighted by atomic mass is 32.1. The Balaban J connectivity index is 2.05. The van der Waals surface area contributed by atoms with Crippen molar-refractivity contribution in [2.75, 3.05) is 0 Å². The molecule has 2 heterocycles. The number of fused-ring (bicyclic) bond motifs is 3. The van der Waals surface area contributed by atoms with Crippen LogP contribution in [-0.2, 0) is 0 Å². The van der Waals surface area contributed by atoms with Crippen molar-refractivity contribution in [1.29, 1.82) is 0 Å². The number of benzene rings is 2. The van der Waals surface area contributed by atoms with Gasteiger partial charge in [-0.3, -0.25) is 4.98 Å². The van der Waals surface area contributed by atoms with Gasteiger partial charge >= 0.3 is 0 Å². The van der Waals surface area contributed by atoms with E-state index < -0.39 is 0 Å². The summed E-state index contributed by atoms with van der Waals surface area (Å²) in [6.07, 6.45) is 1.89. The van der Waals surface area contributed by atoms with Crippen molar-refractivity contribution < 1.29 is 5.11 Å². The van der Waals surface area contributed by atoms with Gasteiger partial charge in [-0.1, -0.05) is 24.3 Å². The highest BCUT2D eigenvalue weighted by Crippen LogP contribution is 2.40. The molecule has 0 fully saturated rings. The SMILES string of the molecule is CC(N)c1ccc(-c2c(O)ccc3ncc4sccc4c23)cc1. The lowest BCUT2D eigenvalue weighted by Crippen LogP contribution is -2.04. The molecule has 0 bridgehead atoms. The van der Waals surface area contributed by atoms with Gasteiger partial charge in [-0.25, -0.2) is 0 Å². The molecule has 0 aliphatic carbocycles. The highest BCUT2D eigenvalue weighted by Gasteiger charge is 2.14. The van der Waals surface area contributed by atoms with Gasteiger partial charge in [0.2, 0.25) is 0 Å². The van der Waals surface area contributed by atoms with Crippen LogP contribution in [0.1, 0.15) is 18.5 Å². The van der Waals surface area contributed by atoms with Crippen LogP contribution in [0.5, 0.6) is 5.75 Å². The Hall–Kier alpha value is -2.43. The average molecular weight is 320 g/mol. The molecule has 3 N–H and O–H groups in total. The van der Waals surface area contributed by atoms with Crippen LogP contribution in [0.15, 0.2) is 54.0 Å². The standard InChI is InChI=1S/C19H16N2OS/c1-11(20)12-2-4-13(5-3-12)18-16(22)7-6-15-19(18)14-8-9-23-17(14)10-21-15/h2-11,22H,20H2,1H3. The van der Waals surface area contributed by atoms with Gasteiger partial charge in [0.1, 0.15) is 5.75 Å². The molecule has 0 aliphatic rings. The van der Waals surface area contributed by atoms with Crippen LogP contribution in [0, 0.1) is 0 Å². The Morgan fingerprint density at radius 1 is 1.09 bits per heavy atom. The molecule has 0 aliphatic heterocycles. The Morgan fingerprint density at radius 3 is 2.61 bits per heavy atom. The lowest BCUT2D eigenvalue weighted by Gasteiger charge is -2.12. The molecule has 2 aromatic carbocycles. The van der Waals surface area contributed by atoms with Crippen LogP contribution in [0.25, 0.3) is 32.1 Å². The third-order valence-electron chi connectivity index (χ3n) is 4.17. The van der Waals surface area contributed by atoms with Crippen molar-refractivity contribution in [3.05, 3.63) is 59.6 Å². The fourth-order valence-corrected chi connectivity index (χ4v) is 3.72. The maximum atomic E-state index is 10.5. The molecule has 1 atom stereocenters. The summed E-state index contributed by atoms with van der Waals surface area (Å²) in [4.78, 5) is 4.53. The smallest absolute Gasteiger partial charge is 0.124 e. The number of pyridine rings is 1. The van der Waals surface area contributed by atoms with E-state index in [0.717, 1.165) is 37.7 Å². The van der Waals surface area contributed by atoms with E-state index in [1.54, 1.807) is 17.4 Å². The van der Waals surface area contributed by atoms with Gasteiger partial charge < -0.3 is 10.8 Å². The first-order chi connectivity index (χ1) is 11.1. The number of phenols is 1. The first-order valence-corrected chi connectivity index (χ1v) is 8.37. The zero-order valence-corrected chi connectivity index (χ0v) is 13.5. The minimum atomic E-state index is -0.00425. The molecule has 1 unspecified atom stereocenters. The monoisotopic (exact) mass is 320 g/mol. The van der Waals surface area contributed by atoms with Crippen molar-refractivity contribution in [1.82, 2.24) is 4.98 Å². The van der Waals surface area contributed by atoms with E-state index >= 15 is 0 Å². The number of nitrogens with zero attached hydrogens (tertiary/aromatic N) is 1. The van der Waals surface area contributed by atoms with Gasteiger partial charge in [-0.15, -0.1) is 11.3 Å². The van der Waals surface area contributed by atoms with Crippen LogP contribution in [0.3, 0.4) is 0 Å². The van der Waals surface area contributed by atoms with Gasteiger partial charge in [0.15, 0.2) is 0 Å². The molecule has 4 heteroatoms. The predicted octanol–water partition coefficient (Wildman–Crippen LogP) is 4.84. The number of hydrogen-bond donors (Lipinski definition) is 2. The zero-order chi connectivity index (χ0) is 16.0. The Bertz CT molecular complexity index is 1000. The summed E-state index contributed by atoms with van der Waals surface area (Å²) in [6, 6.07) is 13.7. The maximum Gasteiger partial charge on any atom is 0.124 e. The second kappa shape index (κ2) is 5.33. The van der Waals surface area contributed by atoms with Gasteiger partial charge in [0, 0.05) is 28.6 Å². The van der Waals surface area contributed by atoms with E-state index in [1.807, 2.05) is 43.5 Å². The summed E-state index contributed by atoms with van der Waals surface area (Å²) < 4.78 is 1.12. The van der Waals surface area contributed by atoms with Crippen LogP contribution in [0.4, 0.5) is 0 Å². The molecule has 2 aromatic heterocycles. The molecule has 23 heavy (non-hydrogen) atoms. The van der Waals surface area contributed by atoms with Gasteiger partial charge in [0.25, 0.3) is 0 Å². The van der Waals surface area contributed by atoms with E-state index in [0.29, 0.717) is 0 Å². The van der Waals surface area contributed by atoms with Crippen LogP contribution in [-0.4, -0.2) is 10.1 Å². The molecular weight excluding hydrogens is 304 g/mol. The number of aromatic hydroxyl groups is 1. The minimum Gasteiger partial charge on any atom is -0.507 e. The van der Waals surface area contributed by atoms with Crippen LogP contribution >= 0.6 is 11.3 Å². The maximum absolute atomic E-state index is 10.5. The molecular formula is C19H16N2OS. The molecule has 0 saturated carbocycles. The Labute approximate surface area is 138 Å². The molecule has 0 saturated heterocycles. The Morgan fingerprint density at radius 2 is 1.87 bits per heavy atom. The summed E-state index contributed by atoms with van der Waals surface area (Å²) in [7, 11) is 0. The lowest BCUT2D eigenvalue weighted by atomic mass is 9.96. The average Bonchev–Trinajstić information content (AvgIpc) is 3.03. The topological polar surface area (TPSA) is 59.1 Å². The van der Waals surface area contributed by atoms with E-state index in [4.69, 9.17) is 5.73 Å². The first-order valence-electron chi connectivity index (χ1n) is 7.49. The molecule has 4 aromatic rings. The van der Waals surface area contributed by atoms with Crippen molar-refractivity contribution in [2.45, 2.75) is 13.0 Å². The van der Waals surface area contributed by atoms with E-state index in [-0.39, 0.29) is 11.8 Å². The fourth-order valence-electron chi connectivity index (χ4n) is 2.96. The highest BCUT2D eigenvalue weighted by molar-refractivity contribution is 7.17. The van der Waals surface area contributed by atoms with Crippen LogP contribution in [0.2, 0.25) is 0 Å². The first kappa shape index (κ1) is 14.2. The third kappa shape index (κ3) is 2.27. The second-order valence-electron chi connectivity index (χ2n) is 5.72. The minimum absolute atomic E-state index is 0.00425. The molecule has 0 spiro atoms. The summed E-state index contributed by atoms with van der Waals surface area (Å²) in [5, 5.41) is 14.7. The third-order valence-corrected chi connectivity index (χ3v) is 5.02. The normalized spacial score (nSPS) is 12.8. The van der Waals surface area contributed by atoms with Crippen LogP contribution < -0.4 is 5.73 Å². The number of phenolic OH excluding ortho intramolecular Hbond substituents is 1. The van der Waals surface area contributed by atoms with E-state index in [9.17, 15) is 5.11 Å². The molecule has 114 valence electrons. The molecule has 4 rings (SSSR count). The van der Waals surface area contributed by atoms with Gasteiger partial charge in [-0.2, -0.15) is 0 Å². The molecule has 0 radical (unpaired) electrons. The number of thiophene rings is 1. The summed E-state index contributed by atoms with van der Waals surface area (Å²) in [6.45, 7) is 1.96. The molecule has 3 nitrogen and oxygen atoms in total. The van der Waals surface area contributed by atoms with Gasteiger partial charge in [-0.05, 0) is 41.6 Å². The van der Waals surface area contributed by atoms with Crippen molar-refractivity contribution in [3.63, 3.8) is 0 Å². The number of aromatic nitrogens is 1. The quantitative estimate of drug-likeness (QED) is 0.555. The zero-order valence-electron chi connectivity index (χ0n) is 12.7.